The van der Waals surface area contributed by atoms with Crippen LogP contribution in [-0.2, 0) is 5.41 Å². The minimum atomic E-state index is 0.252. The molecule has 0 heterocycles. The highest BCUT2D eigenvalue weighted by atomic mass is 14.9. The Morgan fingerprint density at radius 1 is 1.00 bits per heavy atom. The first kappa shape index (κ1) is 16.5. The maximum Gasteiger partial charge on any atom is 0.0136 e. The van der Waals surface area contributed by atoms with Crippen LogP contribution in [0.5, 0.6) is 0 Å². The molecule has 0 bridgehead atoms. The number of benzene rings is 1. The van der Waals surface area contributed by atoms with Crippen LogP contribution in [0.15, 0.2) is 24.3 Å². The fraction of sp³-hybridized carbons (Fsp3) is 0.700. The Morgan fingerprint density at radius 2 is 1.67 bits per heavy atom. The lowest BCUT2D eigenvalue weighted by molar-refractivity contribution is 0.411. The van der Waals surface area contributed by atoms with Crippen molar-refractivity contribution in [2.75, 3.05) is 6.54 Å². The molecular weight excluding hydrogens is 254 g/mol. The highest BCUT2D eigenvalue weighted by Gasteiger charge is 2.25. The molecule has 1 fully saturated rings. The zero-order valence-corrected chi connectivity index (χ0v) is 14.4. The summed E-state index contributed by atoms with van der Waals surface area (Å²) in [7, 11) is 0. The largest absolute Gasteiger partial charge is 0.313 e. The van der Waals surface area contributed by atoms with E-state index in [4.69, 9.17) is 0 Å². The molecule has 0 aliphatic heterocycles. The average molecular weight is 287 g/mol. The summed E-state index contributed by atoms with van der Waals surface area (Å²) in [4.78, 5) is 0. The molecular formula is C20H33N. The van der Waals surface area contributed by atoms with Gasteiger partial charge >= 0.3 is 0 Å². The average Bonchev–Trinajstić information content (AvgIpc) is 2.69. The first-order chi connectivity index (χ1) is 10.0. The topological polar surface area (TPSA) is 12.0 Å². The van der Waals surface area contributed by atoms with Gasteiger partial charge in [0.2, 0.25) is 0 Å². The summed E-state index contributed by atoms with van der Waals surface area (Å²) in [5.41, 5.74) is 3.23. The molecule has 0 amide bonds. The lowest BCUT2D eigenvalue weighted by Gasteiger charge is -2.27. The van der Waals surface area contributed by atoms with Gasteiger partial charge in [0.25, 0.3) is 0 Å². The van der Waals surface area contributed by atoms with Crippen molar-refractivity contribution in [2.45, 2.75) is 83.6 Å². The lowest BCUT2D eigenvalue weighted by Crippen LogP contribution is -2.34. The molecule has 2 atom stereocenters. The van der Waals surface area contributed by atoms with Gasteiger partial charge < -0.3 is 5.32 Å². The van der Waals surface area contributed by atoms with E-state index in [0.717, 1.165) is 6.54 Å². The van der Waals surface area contributed by atoms with Gasteiger partial charge in [-0.05, 0) is 48.3 Å². The molecule has 0 radical (unpaired) electrons. The maximum absolute atomic E-state index is 3.80. The van der Waals surface area contributed by atoms with Crippen LogP contribution in [0.1, 0.15) is 83.3 Å². The molecule has 1 aromatic carbocycles. The van der Waals surface area contributed by atoms with E-state index in [1.165, 1.54) is 44.1 Å². The van der Waals surface area contributed by atoms with Gasteiger partial charge in [0.15, 0.2) is 0 Å². The van der Waals surface area contributed by atoms with Gasteiger partial charge in [-0.3, -0.25) is 0 Å². The van der Waals surface area contributed by atoms with Gasteiger partial charge in [0, 0.05) is 6.04 Å². The molecule has 2 rings (SSSR count). The predicted molar refractivity (Wildman–Crippen MR) is 93.0 cm³/mol. The molecule has 21 heavy (non-hydrogen) atoms. The molecule has 1 N–H and O–H groups in total. The Balaban J connectivity index is 2.15. The first-order valence-electron chi connectivity index (χ1n) is 8.86. The van der Waals surface area contributed by atoms with Gasteiger partial charge in [-0.2, -0.15) is 0 Å². The van der Waals surface area contributed by atoms with E-state index in [9.17, 15) is 0 Å². The molecule has 118 valence electrons. The predicted octanol–water partition coefficient (Wildman–Crippen LogP) is 5.40. The number of nitrogens with one attached hydrogen (secondary N) is 1. The van der Waals surface area contributed by atoms with E-state index in [1.54, 1.807) is 5.56 Å². The van der Waals surface area contributed by atoms with Crippen molar-refractivity contribution in [3.05, 3.63) is 35.4 Å². The zero-order chi connectivity index (χ0) is 15.3. The van der Waals surface area contributed by atoms with Gasteiger partial charge in [0.05, 0.1) is 0 Å². The summed E-state index contributed by atoms with van der Waals surface area (Å²) in [5, 5.41) is 3.80. The second-order valence-electron chi connectivity index (χ2n) is 7.68. The molecule has 1 aliphatic rings. The van der Waals surface area contributed by atoms with Crippen LogP contribution in [0, 0.1) is 0 Å². The van der Waals surface area contributed by atoms with Crippen molar-refractivity contribution >= 4 is 0 Å². The summed E-state index contributed by atoms with van der Waals surface area (Å²) in [6.45, 7) is 10.3. The Hall–Kier alpha value is -0.820. The van der Waals surface area contributed by atoms with E-state index in [2.05, 4.69) is 57.3 Å². The molecule has 0 aromatic heterocycles. The van der Waals surface area contributed by atoms with Crippen molar-refractivity contribution in [3.63, 3.8) is 0 Å². The monoisotopic (exact) mass is 287 g/mol. The third-order valence-corrected chi connectivity index (χ3v) is 4.88. The fourth-order valence-electron chi connectivity index (χ4n) is 3.51. The summed E-state index contributed by atoms with van der Waals surface area (Å²) >= 11 is 0. The summed E-state index contributed by atoms with van der Waals surface area (Å²) in [6.07, 6.45) is 8.09. The normalized spacial score (nSPS) is 23.8. The van der Waals surface area contributed by atoms with Crippen LogP contribution in [-0.4, -0.2) is 12.6 Å². The van der Waals surface area contributed by atoms with Crippen molar-refractivity contribution in [1.29, 1.82) is 0 Å². The Labute approximate surface area is 131 Å². The fourth-order valence-corrected chi connectivity index (χ4v) is 3.51. The van der Waals surface area contributed by atoms with Gasteiger partial charge in [-0.25, -0.2) is 0 Å². The van der Waals surface area contributed by atoms with Crippen LogP contribution in [0.4, 0.5) is 0 Å². The van der Waals surface area contributed by atoms with Crippen molar-refractivity contribution in [3.8, 4) is 0 Å². The quantitative estimate of drug-likeness (QED) is 0.731. The van der Waals surface area contributed by atoms with E-state index in [0.29, 0.717) is 12.0 Å². The molecule has 1 aliphatic carbocycles. The molecule has 1 saturated carbocycles. The third kappa shape index (κ3) is 4.57. The molecule has 1 nitrogen and oxygen atoms in total. The summed E-state index contributed by atoms with van der Waals surface area (Å²) < 4.78 is 0. The second kappa shape index (κ2) is 7.45. The number of hydrogen-bond donors (Lipinski definition) is 1. The smallest absolute Gasteiger partial charge is 0.0136 e. The summed E-state index contributed by atoms with van der Waals surface area (Å²) in [6, 6.07) is 10.1. The van der Waals surface area contributed by atoms with Crippen LogP contribution < -0.4 is 5.32 Å². The minimum Gasteiger partial charge on any atom is -0.313 e. The maximum atomic E-state index is 3.80. The van der Waals surface area contributed by atoms with Crippen LogP contribution >= 0.6 is 0 Å². The van der Waals surface area contributed by atoms with Gasteiger partial charge in [-0.1, -0.05) is 71.2 Å². The zero-order valence-electron chi connectivity index (χ0n) is 14.4. The van der Waals surface area contributed by atoms with Gasteiger partial charge in [-0.15, -0.1) is 0 Å². The lowest BCUT2D eigenvalue weighted by atomic mass is 9.83. The van der Waals surface area contributed by atoms with E-state index in [-0.39, 0.29) is 5.41 Å². The van der Waals surface area contributed by atoms with E-state index >= 15 is 0 Å². The van der Waals surface area contributed by atoms with E-state index in [1.807, 2.05) is 0 Å². The minimum absolute atomic E-state index is 0.252. The second-order valence-corrected chi connectivity index (χ2v) is 7.68. The van der Waals surface area contributed by atoms with Crippen LogP contribution in [0.2, 0.25) is 0 Å². The van der Waals surface area contributed by atoms with Crippen LogP contribution in [0.25, 0.3) is 0 Å². The Morgan fingerprint density at radius 3 is 2.29 bits per heavy atom. The van der Waals surface area contributed by atoms with E-state index < -0.39 is 0 Å². The Bertz CT molecular complexity index is 412. The summed E-state index contributed by atoms with van der Waals surface area (Å²) in [5.74, 6) is 0.702. The van der Waals surface area contributed by atoms with Gasteiger partial charge in [0.1, 0.15) is 0 Å². The van der Waals surface area contributed by atoms with Crippen molar-refractivity contribution < 1.29 is 0 Å². The first-order valence-corrected chi connectivity index (χ1v) is 8.86. The molecule has 1 heteroatoms. The number of hydrogen-bond acceptors (Lipinski definition) is 1. The highest BCUT2D eigenvalue weighted by molar-refractivity contribution is 5.30. The molecule has 1 aromatic rings. The molecule has 0 saturated heterocycles. The standard InChI is InChI=1S/C20H33N/c1-5-15-21-19-10-8-6-7-9-18(19)16-11-13-17(14-12-16)20(2,3)4/h11-14,18-19,21H,5-10,15H2,1-4H3. The highest BCUT2D eigenvalue weighted by Crippen LogP contribution is 2.33. The molecule has 2 unspecified atom stereocenters. The Kier molecular flexibility index (Phi) is 5.87. The third-order valence-electron chi connectivity index (χ3n) is 4.88. The molecule has 0 spiro atoms. The van der Waals surface area contributed by atoms with Crippen molar-refractivity contribution in [1.82, 2.24) is 5.32 Å². The van der Waals surface area contributed by atoms with Crippen LogP contribution in [0.3, 0.4) is 0 Å². The SMILES string of the molecule is CCCNC1CCCCCC1c1ccc(C(C)(C)C)cc1. The number of rotatable bonds is 4. The van der Waals surface area contributed by atoms with Crippen molar-refractivity contribution in [2.24, 2.45) is 0 Å².